The second kappa shape index (κ2) is 5.79. The third-order valence-electron chi connectivity index (χ3n) is 2.45. The van der Waals surface area contributed by atoms with Crippen molar-refractivity contribution < 1.29 is 13.2 Å². The van der Waals surface area contributed by atoms with Gasteiger partial charge in [0.2, 0.25) is 10.0 Å². The fraction of sp³-hybridized carbons (Fsp3) is 1.00. The topological polar surface area (TPSA) is 81.4 Å². The van der Waals surface area contributed by atoms with Crippen LogP contribution in [0.2, 0.25) is 0 Å². The van der Waals surface area contributed by atoms with Gasteiger partial charge in [-0.05, 0) is 32.7 Å². The highest BCUT2D eigenvalue weighted by atomic mass is 32.2. The minimum atomic E-state index is -3.15. The van der Waals surface area contributed by atoms with Crippen molar-refractivity contribution in [1.29, 1.82) is 0 Å². The highest BCUT2D eigenvalue weighted by Crippen LogP contribution is 2.14. The molecule has 6 heteroatoms. The molecule has 0 saturated carbocycles. The molecule has 5 nitrogen and oxygen atoms in total. The Hall–Kier alpha value is -0.170. The molecule has 90 valence electrons. The monoisotopic (exact) mass is 236 g/mol. The molecule has 0 radical (unpaired) electrons. The number of nitrogens with two attached hydrogens (primary N) is 1. The van der Waals surface area contributed by atoms with Gasteiger partial charge in [-0.2, -0.15) is 0 Å². The first kappa shape index (κ1) is 12.9. The quantitative estimate of drug-likeness (QED) is 0.694. The molecule has 1 aliphatic heterocycles. The van der Waals surface area contributed by atoms with Crippen LogP contribution < -0.4 is 10.5 Å². The smallest absolute Gasteiger partial charge is 0.211 e. The fourth-order valence-corrected chi connectivity index (χ4v) is 3.08. The molecule has 0 spiro atoms. The van der Waals surface area contributed by atoms with Crippen molar-refractivity contribution in [3.8, 4) is 0 Å². The molecule has 15 heavy (non-hydrogen) atoms. The van der Waals surface area contributed by atoms with E-state index in [2.05, 4.69) is 4.72 Å². The molecular weight excluding hydrogens is 216 g/mol. The largest absolute Gasteiger partial charge is 0.378 e. The lowest BCUT2D eigenvalue weighted by Crippen LogP contribution is -2.42. The van der Waals surface area contributed by atoms with E-state index >= 15 is 0 Å². The Bertz CT molecular complexity index is 279. The Morgan fingerprint density at radius 1 is 1.53 bits per heavy atom. The molecule has 1 aliphatic rings. The van der Waals surface area contributed by atoms with Crippen molar-refractivity contribution in [2.75, 3.05) is 18.9 Å². The van der Waals surface area contributed by atoms with Crippen LogP contribution in [-0.2, 0) is 14.8 Å². The van der Waals surface area contributed by atoms with Gasteiger partial charge in [-0.25, -0.2) is 13.1 Å². The number of sulfonamides is 1. The Morgan fingerprint density at radius 3 is 2.87 bits per heavy atom. The van der Waals surface area contributed by atoms with Crippen LogP contribution in [0.1, 0.15) is 26.2 Å². The van der Waals surface area contributed by atoms with Gasteiger partial charge in [0.25, 0.3) is 0 Å². The lowest BCUT2D eigenvalue weighted by Gasteiger charge is -2.27. The SMILES string of the molecule is CC1CC(NS(=O)(=O)CCCN)CCO1. The van der Waals surface area contributed by atoms with Crippen LogP contribution in [0.5, 0.6) is 0 Å². The summed E-state index contributed by atoms with van der Waals surface area (Å²) in [5.41, 5.74) is 5.28. The van der Waals surface area contributed by atoms with E-state index in [9.17, 15) is 8.42 Å². The van der Waals surface area contributed by atoms with Crippen molar-refractivity contribution in [3.05, 3.63) is 0 Å². The zero-order valence-corrected chi connectivity index (χ0v) is 9.92. The van der Waals surface area contributed by atoms with Crippen LogP contribution in [0.3, 0.4) is 0 Å². The molecule has 0 aromatic carbocycles. The molecule has 0 aromatic heterocycles. The number of nitrogens with one attached hydrogen (secondary N) is 1. The minimum absolute atomic E-state index is 0.0246. The number of hydrogen-bond donors (Lipinski definition) is 2. The standard InChI is InChI=1S/C9H20N2O3S/c1-8-7-9(3-5-14-8)11-15(12,13)6-2-4-10/h8-9,11H,2-7,10H2,1H3. The van der Waals surface area contributed by atoms with Gasteiger partial charge in [-0.1, -0.05) is 0 Å². The minimum Gasteiger partial charge on any atom is -0.378 e. The van der Waals surface area contributed by atoms with Gasteiger partial charge in [0, 0.05) is 12.6 Å². The van der Waals surface area contributed by atoms with E-state index in [-0.39, 0.29) is 17.9 Å². The maximum Gasteiger partial charge on any atom is 0.211 e. The predicted octanol–water partition coefficient (Wildman–Crippen LogP) is -0.178. The molecule has 1 rings (SSSR count). The third kappa shape index (κ3) is 4.92. The van der Waals surface area contributed by atoms with Crippen LogP contribution in [0, 0.1) is 0 Å². The maximum absolute atomic E-state index is 11.6. The van der Waals surface area contributed by atoms with Crippen LogP contribution in [-0.4, -0.2) is 39.5 Å². The summed E-state index contributed by atoms with van der Waals surface area (Å²) in [6, 6.07) is 0.0246. The summed E-state index contributed by atoms with van der Waals surface area (Å²) < 4.78 is 31.2. The lowest BCUT2D eigenvalue weighted by atomic mass is 10.1. The van der Waals surface area contributed by atoms with Gasteiger partial charge in [-0.15, -0.1) is 0 Å². The molecular formula is C9H20N2O3S. The highest BCUT2D eigenvalue weighted by molar-refractivity contribution is 7.89. The van der Waals surface area contributed by atoms with Crippen molar-refractivity contribution in [1.82, 2.24) is 4.72 Å². The van der Waals surface area contributed by atoms with E-state index in [0.717, 1.165) is 12.8 Å². The van der Waals surface area contributed by atoms with Gasteiger partial charge >= 0.3 is 0 Å². The molecule has 1 heterocycles. The van der Waals surface area contributed by atoms with Crippen molar-refractivity contribution in [3.63, 3.8) is 0 Å². The maximum atomic E-state index is 11.6. The second-order valence-corrected chi connectivity index (χ2v) is 5.86. The van der Waals surface area contributed by atoms with Gasteiger partial charge in [0.1, 0.15) is 0 Å². The lowest BCUT2D eigenvalue weighted by molar-refractivity contribution is 0.0173. The highest BCUT2D eigenvalue weighted by Gasteiger charge is 2.23. The van der Waals surface area contributed by atoms with Crippen LogP contribution >= 0.6 is 0 Å². The molecule has 0 bridgehead atoms. The first-order valence-corrected chi connectivity index (χ1v) is 7.00. The van der Waals surface area contributed by atoms with Gasteiger partial charge in [-0.3, -0.25) is 0 Å². The normalized spacial score (nSPS) is 27.9. The average Bonchev–Trinajstić information content (AvgIpc) is 2.14. The van der Waals surface area contributed by atoms with E-state index in [4.69, 9.17) is 10.5 Å². The van der Waals surface area contributed by atoms with Crippen LogP contribution in [0.25, 0.3) is 0 Å². The second-order valence-electron chi connectivity index (χ2n) is 3.98. The first-order chi connectivity index (χ1) is 7.03. The Balaban J connectivity index is 2.39. The number of hydrogen-bond acceptors (Lipinski definition) is 4. The summed E-state index contributed by atoms with van der Waals surface area (Å²) in [6.07, 6.45) is 2.16. The van der Waals surface area contributed by atoms with E-state index < -0.39 is 10.0 Å². The van der Waals surface area contributed by atoms with Gasteiger partial charge < -0.3 is 10.5 Å². The van der Waals surface area contributed by atoms with Crippen molar-refractivity contribution in [2.45, 2.75) is 38.3 Å². The van der Waals surface area contributed by atoms with Crippen molar-refractivity contribution in [2.24, 2.45) is 5.73 Å². The third-order valence-corrected chi connectivity index (χ3v) is 3.97. The summed E-state index contributed by atoms with van der Waals surface area (Å²) in [5.74, 6) is 0.120. The molecule has 1 fully saturated rings. The molecule has 1 saturated heterocycles. The summed E-state index contributed by atoms with van der Waals surface area (Å²) in [4.78, 5) is 0. The Kier molecular flexibility index (Phi) is 4.98. The van der Waals surface area contributed by atoms with E-state index in [1.165, 1.54) is 0 Å². The zero-order valence-electron chi connectivity index (χ0n) is 9.11. The van der Waals surface area contributed by atoms with Crippen molar-refractivity contribution >= 4 is 10.0 Å². The summed E-state index contributed by atoms with van der Waals surface area (Å²) in [5, 5.41) is 0. The molecule has 0 aromatic rings. The van der Waals surface area contributed by atoms with E-state index in [0.29, 0.717) is 19.6 Å². The Morgan fingerprint density at radius 2 is 2.27 bits per heavy atom. The first-order valence-electron chi connectivity index (χ1n) is 5.35. The summed E-state index contributed by atoms with van der Waals surface area (Å²) >= 11 is 0. The molecule has 3 N–H and O–H groups in total. The molecule has 2 atom stereocenters. The summed E-state index contributed by atoms with van der Waals surface area (Å²) in [6.45, 7) is 3.00. The molecule has 0 amide bonds. The summed E-state index contributed by atoms with van der Waals surface area (Å²) in [7, 11) is -3.15. The molecule has 2 unspecified atom stereocenters. The zero-order chi connectivity index (χ0) is 11.3. The van der Waals surface area contributed by atoms with Gasteiger partial charge in [0.15, 0.2) is 0 Å². The van der Waals surface area contributed by atoms with Gasteiger partial charge in [0.05, 0.1) is 11.9 Å². The van der Waals surface area contributed by atoms with E-state index in [1.807, 2.05) is 6.92 Å². The van der Waals surface area contributed by atoms with E-state index in [1.54, 1.807) is 0 Å². The number of ether oxygens (including phenoxy) is 1. The Labute approximate surface area is 91.4 Å². The predicted molar refractivity (Wildman–Crippen MR) is 59.0 cm³/mol. The van der Waals surface area contributed by atoms with Crippen LogP contribution in [0.15, 0.2) is 0 Å². The number of rotatable bonds is 5. The van der Waals surface area contributed by atoms with Crippen LogP contribution in [0.4, 0.5) is 0 Å². The average molecular weight is 236 g/mol. The molecule has 0 aliphatic carbocycles. The fourth-order valence-electron chi connectivity index (χ4n) is 1.69.